The molecule has 0 aliphatic carbocycles. The highest BCUT2D eigenvalue weighted by Gasteiger charge is 2.07. The van der Waals surface area contributed by atoms with E-state index in [1.165, 1.54) is 0 Å². The predicted molar refractivity (Wildman–Crippen MR) is 72.4 cm³/mol. The van der Waals surface area contributed by atoms with Crippen molar-refractivity contribution in [1.29, 1.82) is 0 Å². The molecule has 1 aromatic heterocycles. The maximum atomic E-state index is 5.85. The number of hydrogen-bond donors (Lipinski definition) is 0. The first kappa shape index (κ1) is 11.1. The summed E-state index contributed by atoms with van der Waals surface area (Å²) in [4.78, 5) is 4.47. The van der Waals surface area contributed by atoms with Gasteiger partial charge in [-0.3, -0.25) is 0 Å². The van der Waals surface area contributed by atoms with Gasteiger partial charge in [0.1, 0.15) is 12.0 Å². The van der Waals surface area contributed by atoms with Crippen molar-refractivity contribution in [2.75, 3.05) is 0 Å². The Morgan fingerprint density at radius 2 is 1.56 bits per heavy atom. The monoisotopic (exact) mass is 255 g/mol. The topological polar surface area (TPSA) is 26.0 Å². The summed E-state index contributed by atoms with van der Waals surface area (Å²) in [5.41, 5.74) is 2.79. The van der Waals surface area contributed by atoms with Gasteiger partial charge in [0.05, 0.1) is 0 Å². The van der Waals surface area contributed by atoms with Gasteiger partial charge in [0, 0.05) is 16.1 Å². The molecule has 88 valence electrons. The van der Waals surface area contributed by atoms with Crippen LogP contribution in [-0.4, -0.2) is 4.98 Å². The third-order valence-corrected chi connectivity index (χ3v) is 2.92. The molecule has 0 fully saturated rings. The lowest BCUT2D eigenvalue weighted by atomic mass is 10.2. The number of oxazole rings is 1. The summed E-state index contributed by atoms with van der Waals surface area (Å²) in [6.07, 6.45) is 1.67. The molecule has 0 spiro atoms. The Balaban J connectivity index is 1.97. The number of benzene rings is 2. The summed E-state index contributed by atoms with van der Waals surface area (Å²) in [6, 6.07) is 17.4. The molecule has 0 aliphatic heterocycles. The van der Waals surface area contributed by atoms with Crippen LogP contribution in [-0.2, 0) is 0 Å². The highest BCUT2D eigenvalue weighted by molar-refractivity contribution is 6.30. The van der Waals surface area contributed by atoms with Crippen molar-refractivity contribution in [2.24, 2.45) is 0 Å². The van der Waals surface area contributed by atoms with Crippen molar-refractivity contribution < 1.29 is 4.42 Å². The van der Waals surface area contributed by atoms with Gasteiger partial charge < -0.3 is 4.42 Å². The Bertz CT molecular complexity index is 644. The molecule has 3 heteroatoms. The number of halogens is 1. The second-order valence-electron chi connectivity index (χ2n) is 3.91. The fourth-order valence-electron chi connectivity index (χ4n) is 1.74. The van der Waals surface area contributed by atoms with Gasteiger partial charge >= 0.3 is 0 Å². The van der Waals surface area contributed by atoms with Crippen LogP contribution in [0, 0.1) is 0 Å². The minimum Gasteiger partial charge on any atom is -0.444 e. The third-order valence-electron chi connectivity index (χ3n) is 2.66. The van der Waals surface area contributed by atoms with Gasteiger partial charge in [-0.15, -0.1) is 0 Å². The average Bonchev–Trinajstić information content (AvgIpc) is 2.90. The van der Waals surface area contributed by atoms with Gasteiger partial charge in [-0.25, -0.2) is 4.98 Å². The lowest BCUT2D eigenvalue weighted by Gasteiger charge is -1.95. The first-order valence-electron chi connectivity index (χ1n) is 5.60. The lowest BCUT2D eigenvalue weighted by Crippen LogP contribution is -1.79. The van der Waals surface area contributed by atoms with Gasteiger partial charge in [0.2, 0.25) is 5.89 Å². The van der Waals surface area contributed by atoms with Crippen LogP contribution >= 0.6 is 11.6 Å². The molecule has 0 atom stereocenters. The maximum absolute atomic E-state index is 5.85. The highest BCUT2D eigenvalue weighted by atomic mass is 35.5. The molecule has 2 aromatic carbocycles. The van der Waals surface area contributed by atoms with Crippen LogP contribution in [0.5, 0.6) is 0 Å². The van der Waals surface area contributed by atoms with Gasteiger partial charge in [-0.2, -0.15) is 0 Å². The van der Waals surface area contributed by atoms with Crippen molar-refractivity contribution in [3.63, 3.8) is 0 Å². The quantitative estimate of drug-likeness (QED) is 0.665. The minimum absolute atomic E-state index is 0.602. The summed E-state index contributed by atoms with van der Waals surface area (Å²) in [5.74, 6) is 0.602. The second-order valence-corrected chi connectivity index (χ2v) is 4.35. The second kappa shape index (κ2) is 4.67. The predicted octanol–water partition coefficient (Wildman–Crippen LogP) is 4.66. The molecule has 2 nitrogen and oxygen atoms in total. The van der Waals surface area contributed by atoms with Gasteiger partial charge in [-0.05, 0) is 24.3 Å². The summed E-state index contributed by atoms with van der Waals surface area (Å²) in [7, 11) is 0. The fraction of sp³-hybridized carbons (Fsp3) is 0. The van der Waals surface area contributed by atoms with Crippen molar-refractivity contribution >= 4 is 11.6 Å². The molecule has 0 N–H and O–H groups in total. The number of rotatable bonds is 2. The number of aromatic nitrogens is 1. The molecule has 3 rings (SSSR count). The van der Waals surface area contributed by atoms with Crippen LogP contribution in [0.3, 0.4) is 0 Å². The smallest absolute Gasteiger partial charge is 0.226 e. The van der Waals surface area contributed by atoms with Crippen LogP contribution in [0.15, 0.2) is 65.3 Å². The largest absolute Gasteiger partial charge is 0.444 e. The molecule has 0 unspecified atom stereocenters. The van der Waals surface area contributed by atoms with Crippen molar-refractivity contribution in [3.05, 3.63) is 65.9 Å². The van der Waals surface area contributed by atoms with Crippen LogP contribution in [0.25, 0.3) is 22.7 Å². The number of hydrogen-bond acceptors (Lipinski definition) is 2. The van der Waals surface area contributed by atoms with Crippen molar-refractivity contribution in [2.45, 2.75) is 0 Å². The van der Waals surface area contributed by atoms with E-state index >= 15 is 0 Å². The molecule has 1 heterocycles. The van der Waals surface area contributed by atoms with E-state index in [-0.39, 0.29) is 0 Å². The highest BCUT2D eigenvalue weighted by Crippen LogP contribution is 2.25. The van der Waals surface area contributed by atoms with E-state index < -0.39 is 0 Å². The molecule has 0 saturated heterocycles. The first-order valence-corrected chi connectivity index (χ1v) is 5.97. The van der Waals surface area contributed by atoms with Crippen molar-refractivity contribution in [3.8, 4) is 22.7 Å². The summed E-state index contributed by atoms with van der Waals surface area (Å²) < 4.78 is 5.49. The van der Waals surface area contributed by atoms with E-state index in [1.807, 2.05) is 54.6 Å². The molecular weight excluding hydrogens is 246 g/mol. The molecular formula is C15H10ClNO. The standard InChI is InChI=1S/C15H10ClNO/c16-13-8-6-12(7-9-13)15-17-14(10-18-15)11-4-2-1-3-5-11/h1-10H. The molecule has 0 saturated carbocycles. The van der Waals surface area contributed by atoms with E-state index in [9.17, 15) is 0 Å². The Morgan fingerprint density at radius 3 is 2.28 bits per heavy atom. The Morgan fingerprint density at radius 1 is 0.833 bits per heavy atom. The fourth-order valence-corrected chi connectivity index (χ4v) is 1.87. The summed E-state index contributed by atoms with van der Waals surface area (Å²) in [6.45, 7) is 0. The van der Waals surface area contributed by atoms with E-state index in [1.54, 1.807) is 6.26 Å². The Labute approximate surface area is 110 Å². The van der Waals surface area contributed by atoms with E-state index in [0.29, 0.717) is 10.9 Å². The molecule has 0 bridgehead atoms. The van der Waals surface area contributed by atoms with Gasteiger partial charge in [-0.1, -0.05) is 41.9 Å². The summed E-state index contributed by atoms with van der Waals surface area (Å²) >= 11 is 5.85. The Hall–Kier alpha value is -2.06. The Kier molecular flexibility index (Phi) is 2.87. The minimum atomic E-state index is 0.602. The van der Waals surface area contributed by atoms with Crippen LogP contribution in [0.2, 0.25) is 5.02 Å². The molecule has 3 aromatic rings. The van der Waals surface area contributed by atoms with Gasteiger partial charge in [0.15, 0.2) is 0 Å². The lowest BCUT2D eigenvalue weighted by molar-refractivity contribution is 0.575. The average molecular weight is 256 g/mol. The zero-order valence-corrected chi connectivity index (χ0v) is 10.3. The van der Waals surface area contributed by atoms with Crippen LogP contribution in [0.1, 0.15) is 0 Å². The van der Waals surface area contributed by atoms with E-state index in [4.69, 9.17) is 16.0 Å². The van der Waals surface area contributed by atoms with Gasteiger partial charge in [0.25, 0.3) is 0 Å². The molecule has 0 aliphatic rings. The van der Waals surface area contributed by atoms with Crippen LogP contribution in [0.4, 0.5) is 0 Å². The molecule has 0 amide bonds. The first-order chi connectivity index (χ1) is 8.83. The van der Waals surface area contributed by atoms with Crippen LogP contribution < -0.4 is 0 Å². The molecule has 0 radical (unpaired) electrons. The van der Waals surface area contributed by atoms with Crippen molar-refractivity contribution in [1.82, 2.24) is 4.98 Å². The summed E-state index contributed by atoms with van der Waals surface area (Å²) in [5, 5.41) is 0.702. The molecule has 18 heavy (non-hydrogen) atoms. The maximum Gasteiger partial charge on any atom is 0.226 e. The SMILES string of the molecule is Clc1ccc(-c2nc(-c3ccccc3)co2)cc1. The zero-order chi connectivity index (χ0) is 12.4. The number of nitrogens with zero attached hydrogens (tertiary/aromatic N) is 1. The third kappa shape index (κ3) is 2.15. The zero-order valence-electron chi connectivity index (χ0n) is 9.51. The van der Waals surface area contributed by atoms with E-state index in [2.05, 4.69) is 4.98 Å². The normalized spacial score (nSPS) is 10.5. The van der Waals surface area contributed by atoms with E-state index in [0.717, 1.165) is 16.8 Å².